The number of hydrogen-bond acceptors (Lipinski definition) is 2. The first-order chi connectivity index (χ1) is 8.63. The highest BCUT2D eigenvalue weighted by molar-refractivity contribution is 5.64. The molecule has 0 saturated carbocycles. The van der Waals surface area contributed by atoms with Gasteiger partial charge in [-0.3, -0.25) is 4.79 Å². The van der Waals surface area contributed by atoms with Gasteiger partial charge in [0, 0.05) is 0 Å². The molecule has 0 aliphatic carbocycles. The predicted octanol–water partition coefficient (Wildman–Crippen LogP) is 3.76. The van der Waals surface area contributed by atoms with Crippen molar-refractivity contribution in [1.82, 2.24) is 0 Å². The average Bonchev–Trinajstić information content (AvgIpc) is 2.40. The molecule has 2 nitrogen and oxygen atoms in total. The van der Waals surface area contributed by atoms with Crippen LogP contribution in [-0.2, 0) is 15.1 Å². The number of carbonyl (C=O) groups is 1. The predicted molar refractivity (Wildman–Crippen MR) is 72.1 cm³/mol. The van der Waals surface area contributed by atoms with E-state index in [2.05, 4.69) is 24.3 Å². The Morgan fingerprint density at radius 2 is 1.61 bits per heavy atom. The Kier molecular flexibility index (Phi) is 3.47. The molecule has 0 fully saturated rings. The minimum atomic E-state index is -0.605. The van der Waals surface area contributed by atoms with Crippen LogP contribution in [0.3, 0.4) is 0 Å². The zero-order chi connectivity index (χ0) is 13.0. The molecule has 0 amide bonds. The van der Waals surface area contributed by atoms with Gasteiger partial charge in [0.05, 0.1) is 0 Å². The summed E-state index contributed by atoms with van der Waals surface area (Å²) in [6, 6.07) is 18.2. The maximum absolute atomic E-state index is 10.5. The zero-order valence-corrected chi connectivity index (χ0v) is 10.6. The quantitative estimate of drug-likeness (QED) is 0.760. The Bertz CT molecular complexity index is 530. The summed E-state index contributed by atoms with van der Waals surface area (Å²) in [6.45, 7) is 4.26. The summed E-state index contributed by atoms with van der Waals surface area (Å²) in [7, 11) is 0. The Hall–Kier alpha value is -2.09. The Morgan fingerprint density at radius 3 is 2.28 bits per heavy atom. The summed E-state index contributed by atoms with van der Waals surface area (Å²) in [4.78, 5) is 10.5. The molecule has 0 saturated heterocycles. The van der Waals surface area contributed by atoms with Gasteiger partial charge in [0.1, 0.15) is 5.60 Å². The molecule has 2 heteroatoms. The van der Waals surface area contributed by atoms with Gasteiger partial charge in [-0.25, -0.2) is 0 Å². The first kappa shape index (κ1) is 12.4. The van der Waals surface area contributed by atoms with Crippen LogP contribution in [0.15, 0.2) is 54.6 Å². The van der Waals surface area contributed by atoms with Crippen molar-refractivity contribution >= 4 is 6.47 Å². The van der Waals surface area contributed by atoms with E-state index in [0.29, 0.717) is 6.47 Å². The number of rotatable bonds is 4. The number of ether oxygens (including phenoxy) is 1. The summed E-state index contributed by atoms with van der Waals surface area (Å²) in [5.41, 5.74) is 2.65. The molecular formula is C16H16O2. The molecule has 2 aromatic rings. The summed E-state index contributed by atoms with van der Waals surface area (Å²) in [5.74, 6) is 0. The van der Waals surface area contributed by atoms with Gasteiger partial charge in [-0.15, -0.1) is 0 Å². The molecule has 18 heavy (non-hydrogen) atoms. The van der Waals surface area contributed by atoms with E-state index in [9.17, 15) is 4.79 Å². The molecule has 0 atom stereocenters. The normalized spacial score (nSPS) is 11.0. The van der Waals surface area contributed by atoms with Gasteiger partial charge < -0.3 is 4.74 Å². The molecule has 2 aromatic carbocycles. The Labute approximate surface area is 107 Å². The van der Waals surface area contributed by atoms with E-state index in [4.69, 9.17) is 4.74 Å². The van der Waals surface area contributed by atoms with E-state index in [0.717, 1.165) is 16.7 Å². The lowest BCUT2D eigenvalue weighted by Crippen LogP contribution is -2.20. The molecule has 0 aliphatic rings. The van der Waals surface area contributed by atoms with Crippen molar-refractivity contribution in [1.29, 1.82) is 0 Å². The molecule has 0 heterocycles. The van der Waals surface area contributed by atoms with E-state index in [1.807, 2.05) is 44.2 Å². The van der Waals surface area contributed by atoms with Crippen LogP contribution in [-0.4, -0.2) is 6.47 Å². The standard InChI is InChI=1S/C16H16O2/c1-16(2,18-12-17)15-10-6-9-14(11-15)13-7-4-3-5-8-13/h3-12H,1-2H3. The second-order valence-corrected chi connectivity index (χ2v) is 4.67. The van der Waals surface area contributed by atoms with Crippen molar-refractivity contribution in [3.05, 3.63) is 60.2 Å². The van der Waals surface area contributed by atoms with Crippen molar-refractivity contribution in [3.8, 4) is 11.1 Å². The largest absolute Gasteiger partial charge is 0.457 e. The fourth-order valence-corrected chi connectivity index (χ4v) is 1.89. The summed E-state index contributed by atoms with van der Waals surface area (Å²) >= 11 is 0. The molecule has 0 radical (unpaired) electrons. The molecule has 0 aliphatic heterocycles. The molecule has 0 spiro atoms. The van der Waals surface area contributed by atoms with E-state index >= 15 is 0 Å². The summed E-state index contributed by atoms with van der Waals surface area (Å²) in [6.07, 6.45) is 0. The third-order valence-corrected chi connectivity index (χ3v) is 3.01. The van der Waals surface area contributed by atoms with Crippen molar-refractivity contribution in [3.63, 3.8) is 0 Å². The van der Waals surface area contributed by atoms with E-state index in [1.165, 1.54) is 0 Å². The van der Waals surface area contributed by atoms with Gasteiger partial charge in [0.25, 0.3) is 6.47 Å². The second-order valence-electron chi connectivity index (χ2n) is 4.67. The Balaban J connectivity index is 2.40. The van der Waals surface area contributed by atoms with Crippen LogP contribution in [0.4, 0.5) is 0 Å². The van der Waals surface area contributed by atoms with Crippen LogP contribution in [0.2, 0.25) is 0 Å². The number of carbonyl (C=O) groups excluding carboxylic acids is 1. The minimum Gasteiger partial charge on any atom is -0.457 e. The van der Waals surface area contributed by atoms with Crippen molar-refractivity contribution in [2.24, 2.45) is 0 Å². The average molecular weight is 240 g/mol. The molecule has 92 valence electrons. The molecule has 0 N–H and O–H groups in total. The fourth-order valence-electron chi connectivity index (χ4n) is 1.89. The minimum absolute atomic E-state index is 0.495. The van der Waals surface area contributed by atoms with Gasteiger partial charge in [0.2, 0.25) is 0 Å². The zero-order valence-electron chi connectivity index (χ0n) is 10.6. The van der Waals surface area contributed by atoms with Crippen LogP contribution in [0.1, 0.15) is 19.4 Å². The molecular weight excluding hydrogens is 224 g/mol. The maximum Gasteiger partial charge on any atom is 0.293 e. The monoisotopic (exact) mass is 240 g/mol. The molecule has 0 aromatic heterocycles. The van der Waals surface area contributed by atoms with Crippen molar-refractivity contribution < 1.29 is 9.53 Å². The van der Waals surface area contributed by atoms with E-state index in [-0.39, 0.29) is 0 Å². The number of benzene rings is 2. The van der Waals surface area contributed by atoms with Gasteiger partial charge >= 0.3 is 0 Å². The second kappa shape index (κ2) is 5.05. The van der Waals surface area contributed by atoms with Crippen molar-refractivity contribution in [2.75, 3.05) is 0 Å². The van der Waals surface area contributed by atoms with Crippen LogP contribution in [0.25, 0.3) is 11.1 Å². The topological polar surface area (TPSA) is 26.3 Å². The van der Waals surface area contributed by atoms with Gasteiger partial charge in [-0.1, -0.05) is 48.5 Å². The molecule has 0 bridgehead atoms. The van der Waals surface area contributed by atoms with Crippen LogP contribution < -0.4 is 0 Å². The van der Waals surface area contributed by atoms with Gasteiger partial charge in [-0.2, -0.15) is 0 Å². The first-order valence-electron chi connectivity index (χ1n) is 5.91. The highest BCUT2D eigenvalue weighted by Crippen LogP contribution is 2.28. The fraction of sp³-hybridized carbons (Fsp3) is 0.188. The molecule has 0 unspecified atom stereocenters. The van der Waals surface area contributed by atoms with E-state index < -0.39 is 5.60 Å². The van der Waals surface area contributed by atoms with Gasteiger partial charge in [0.15, 0.2) is 0 Å². The third kappa shape index (κ3) is 2.59. The highest BCUT2D eigenvalue weighted by atomic mass is 16.5. The number of hydrogen-bond donors (Lipinski definition) is 0. The third-order valence-electron chi connectivity index (χ3n) is 3.01. The summed E-state index contributed by atoms with van der Waals surface area (Å²) < 4.78 is 5.13. The Morgan fingerprint density at radius 1 is 0.944 bits per heavy atom. The maximum atomic E-state index is 10.5. The van der Waals surface area contributed by atoms with Gasteiger partial charge in [-0.05, 0) is 36.6 Å². The lowest BCUT2D eigenvalue weighted by molar-refractivity contribution is -0.141. The molecule has 2 rings (SSSR count). The SMILES string of the molecule is CC(C)(OC=O)c1cccc(-c2ccccc2)c1. The first-order valence-corrected chi connectivity index (χ1v) is 5.91. The lowest BCUT2D eigenvalue weighted by atomic mass is 9.94. The lowest BCUT2D eigenvalue weighted by Gasteiger charge is -2.23. The van der Waals surface area contributed by atoms with Crippen molar-refractivity contribution in [2.45, 2.75) is 19.4 Å². The van der Waals surface area contributed by atoms with E-state index in [1.54, 1.807) is 0 Å². The van der Waals surface area contributed by atoms with Crippen LogP contribution in [0, 0.1) is 0 Å². The highest BCUT2D eigenvalue weighted by Gasteiger charge is 2.21. The summed E-state index contributed by atoms with van der Waals surface area (Å²) in [5, 5.41) is 0. The smallest absolute Gasteiger partial charge is 0.293 e. The van der Waals surface area contributed by atoms with Crippen LogP contribution in [0.5, 0.6) is 0 Å². The van der Waals surface area contributed by atoms with Crippen LogP contribution >= 0.6 is 0 Å².